The summed E-state index contributed by atoms with van der Waals surface area (Å²) in [5, 5.41) is 6.12. The van der Waals surface area contributed by atoms with Crippen molar-refractivity contribution in [2.24, 2.45) is 0 Å². The van der Waals surface area contributed by atoms with Crippen LogP contribution in [-0.2, 0) is 9.53 Å². The summed E-state index contributed by atoms with van der Waals surface area (Å²) in [5.41, 5.74) is 3.81. The van der Waals surface area contributed by atoms with Crippen molar-refractivity contribution >= 4 is 40.1 Å². The maximum absolute atomic E-state index is 11.8. The van der Waals surface area contributed by atoms with Gasteiger partial charge in [0.25, 0.3) is 5.88 Å². The van der Waals surface area contributed by atoms with E-state index in [1.807, 2.05) is 4.57 Å². The van der Waals surface area contributed by atoms with Crippen molar-refractivity contribution in [2.45, 2.75) is 38.8 Å². The molecule has 2 aromatic carbocycles. The van der Waals surface area contributed by atoms with Gasteiger partial charge in [-0.2, -0.15) is 9.97 Å². The minimum Gasteiger partial charge on any atom is -0.437 e. The smallest absolute Gasteiger partial charge is 0.252 e. The van der Waals surface area contributed by atoms with Gasteiger partial charge in [0.15, 0.2) is 11.2 Å². The molecule has 224 valence electrons. The van der Waals surface area contributed by atoms with Gasteiger partial charge in [0, 0.05) is 55.9 Å². The highest BCUT2D eigenvalue weighted by molar-refractivity contribution is 5.99. The number of piperazine rings is 1. The fraction of sp³-hybridized carbons (Fsp3) is 0.375. The van der Waals surface area contributed by atoms with E-state index in [-0.39, 0.29) is 12.1 Å². The lowest BCUT2D eigenvalue weighted by Gasteiger charge is -2.36. The minimum atomic E-state index is -0.302. The third-order valence-electron chi connectivity index (χ3n) is 7.76. The molecule has 2 fully saturated rings. The third kappa shape index (κ3) is 6.79. The molecule has 2 aliphatic rings. The largest absolute Gasteiger partial charge is 0.437 e. The Morgan fingerprint density at radius 1 is 1.09 bits per heavy atom. The maximum Gasteiger partial charge on any atom is 0.252 e. The highest BCUT2D eigenvalue weighted by Crippen LogP contribution is 2.33. The SMILES string of the molecule is C=CC(=O)Nc1cccc(Oc2nc(Nc3ccc(N4CCN(CCC)CC4)cc3)nc3c2ncn3C2CCCCO2)c1. The van der Waals surface area contributed by atoms with E-state index < -0.39 is 0 Å². The van der Waals surface area contributed by atoms with Crippen LogP contribution in [-0.4, -0.2) is 69.7 Å². The molecule has 1 atom stereocenters. The van der Waals surface area contributed by atoms with Gasteiger partial charge in [-0.1, -0.05) is 19.6 Å². The summed E-state index contributed by atoms with van der Waals surface area (Å²) >= 11 is 0. The molecular formula is C32H38N8O3. The number of hydrogen-bond donors (Lipinski definition) is 2. The zero-order chi connectivity index (χ0) is 29.6. The van der Waals surface area contributed by atoms with E-state index in [1.165, 1.54) is 18.2 Å². The van der Waals surface area contributed by atoms with Crippen LogP contribution >= 0.6 is 0 Å². The number of aromatic nitrogens is 4. The highest BCUT2D eigenvalue weighted by Gasteiger charge is 2.23. The topological polar surface area (TPSA) is 110 Å². The number of amides is 1. The molecule has 1 unspecified atom stereocenters. The predicted molar refractivity (Wildman–Crippen MR) is 168 cm³/mol. The third-order valence-corrected chi connectivity index (χ3v) is 7.76. The van der Waals surface area contributed by atoms with Crippen LogP contribution in [0.5, 0.6) is 11.6 Å². The van der Waals surface area contributed by atoms with Crippen molar-refractivity contribution in [3.05, 3.63) is 67.5 Å². The molecule has 2 N–H and O–H groups in total. The van der Waals surface area contributed by atoms with Gasteiger partial charge >= 0.3 is 0 Å². The normalized spacial score (nSPS) is 17.5. The minimum absolute atomic E-state index is 0.149. The molecule has 43 heavy (non-hydrogen) atoms. The molecule has 0 radical (unpaired) electrons. The molecule has 2 saturated heterocycles. The molecular weight excluding hydrogens is 544 g/mol. The van der Waals surface area contributed by atoms with Crippen molar-refractivity contribution < 1.29 is 14.3 Å². The molecule has 0 saturated carbocycles. The van der Waals surface area contributed by atoms with E-state index >= 15 is 0 Å². The van der Waals surface area contributed by atoms with Gasteiger partial charge in [-0.15, -0.1) is 0 Å². The van der Waals surface area contributed by atoms with Crippen molar-refractivity contribution in [2.75, 3.05) is 54.9 Å². The second-order valence-electron chi connectivity index (χ2n) is 10.8. The number of ether oxygens (including phenoxy) is 2. The number of hydrogen-bond acceptors (Lipinski definition) is 9. The summed E-state index contributed by atoms with van der Waals surface area (Å²) < 4.78 is 14.3. The molecule has 6 rings (SSSR count). The Kier molecular flexibility index (Phi) is 8.80. The number of carbonyl (C=O) groups excluding carboxylic acids is 1. The monoisotopic (exact) mass is 582 g/mol. The Balaban J connectivity index is 1.26. The van der Waals surface area contributed by atoms with E-state index in [4.69, 9.17) is 19.4 Å². The number of nitrogens with one attached hydrogen (secondary N) is 2. The van der Waals surface area contributed by atoms with Crippen LogP contribution in [0.2, 0.25) is 0 Å². The average Bonchev–Trinajstić information content (AvgIpc) is 3.47. The zero-order valence-electron chi connectivity index (χ0n) is 24.5. The number of carbonyl (C=O) groups is 1. The van der Waals surface area contributed by atoms with Gasteiger partial charge in [-0.25, -0.2) is 4.98 Å². The summed E-state index contributed by atoms with van der Waals surface area (Å²) in [4.78, 5) is 30.9. The average molecular weight is 583 g/mol. The number of rotatable bonds is 10. The first kappa shape index (κ1) is 28.6. The van der Waals surface area contributed by atoms with E-state index in [0.717, 1.165) is 57.7 Å². The summed E-state index contributed by atoms with van der Waals surface area (Å²) in [6.45, 7) is 11.8. The highest BCUT2D eigenvalue weighted by atomic mass is 16.5. The van der Waals surface area contributed by atoms with Crippen molar-refractivity contribution in [3.63, 3.8) is 0 Å². The number of nitrogens with zero attached hydrogens (tertiary/aromatic N) is 6. The van der Waals surface area contributed by atoms with Crippen molar-refractivity contribution in [3.8, 4) is 11.6 Å². The van der Waals surface area contributed by atoms with Crippen LogP contribution in [0.25, 0.3) is 11.2 Å². The summed E-state index contributed by atoms with van der Waals surface area (Å²) in [5.74, 6) is 0.886. The quantitative estimate of drug-likeness (QED) is 0.227. The lowest BCUT2D eigenvalue weighted by Crippen LogP contribution is -2.46. The zero-order valence-corrected chi connectivity index (χ0v) is 24.5. The van der Waals surface area contributed by atoms with E-state index in [2.05, 4.69) is 63.2 Å². The molecule has 0 bridgehead atoms. The van der Waals surface area contributed by atoms with Gasteiger partial charge < -0.3 is 25.0 Å². The fourth-order valence-corrected chi connectivity index (χ4v) is 5.54. The van der Waals surface area contributed by atoms with Crippen LogP contribution in [0.4, 0.5) is 23.0 Å². The Morgan fingerprint density at radius 2 is 1.93 bits per heavy atom. The Morgan fingerprint density at radius 3 is 2.67 bits per heavy atom. The summed E-state index contributed by atoms with van der Waals surface area (Å²) in [7, 11) is 0. The lowest BCUT2D eigenvalue weighted by molar-refractivity contribution is -0.111. The second kappa shape index (κ2) is 13.2. The second-order valence-corrected chi connectivity index (χ2v) is 10.8. The predicted octanol–water partition coefficient (Wildman–Crippen LogP) is 5.72. The molecule has 4 heterocycles. The van der Waals surface area contributed by atoms with Crippen molar-refractivity contribution in [1.29, 1.82) is 0 Å². The molecule has 11 nitrogen and oxygen atoms in total. The number of imidazole rings is 1. The fourth-order valence-electron chi connectivity index (χ4n) is 5.54. The molecule has 1 amide bonds. The van der Waals surface area contributed by atoms with Gasteiger partial charge in [-0.05, 0) is 74.7 Å². The first-order valence-corrected chi connectivity index (χ1v) is 15.0. The Labute approximate surface area is 251 Å². The number of fused-ring (bicyclic) bond motifs is 1. The van der Waals surface area contributed by atoms with Gasteiger partial charge in [0.1, 0.15) is 12.0 Å². The van der Waals surface area contributed by atoms with Crippen LogP contribution in [0.1, 0.15) is 38.8 Å². The van der Waals surface area contributed by atoms with Crippen LogP contribution < -0.4 is 20.3 Å². The molecule has 2 aromatic heterocycles. The van der Waals surface area contributed by atoms with Gasteiger partial charge in [0.2, 0.25) is 11.9 Å². The van der Waals surface area contributed by atoms with Crippen LogP contribution in [0.3, 0.4) is 0 Å². The van der Waals surface area contributed by atoms with Gasteiger partial charge in [0.05, 0.1) is 6.33 Å². The molecule has 11 heteroatoms. The molecule has 4 aromatic rings. The molecule has 0 spiro atoms. The first-order valence-electron chi connectivity index (χ1n) is 15.0. The van der Waals surface area contributed by atoms with Crippen LogP contribution in [0, 0.1) is 0 Å². The van der Waals surface area contributed by atoms with E-state index in [0.29, 0.717) is 41.0 Å². The maximum atomic E-state index is 11.8. The Bertz CT molecular complexity index is 1560. The summed E-state index contributed by atoms with van der Waals surface area (Å²) in [6.07, 6.45) is 7.00. The van der Waals surface area contributed by atoms with Crippen molar-refractivity contribution in [1.82, 2.24) is 24.4 Å². The number of benzene rings is 2. The standard InChI is InChI=1S/C32H38N8O3/c1-3-15-38-16-18-39(19-17-38)25-13-11-23(12-14-25)35-32-36-30-29(33-22-40(30)28-10-5-6-20-42-28)31(37-32)43-26-9-7-8-24(21-26)34-27(41)4-2/h4,7-9,11-14,21-22,28H,2-3,5-6,10,15-20H2,1H3,(H,34,41)(H,35,36,37). The lowest BCUT2D eigenvalue weighted by atomic mass is 10.2. The van der Waals surface area contributed by atoms with Crippen LogP contribution in [0.15, 0.2) is 67.5 Å². The van der Waals surface area contributed by atoms with E-state index in [9.17, 15) is 4.79 Å². The first-order chi connectivity index (χ1) is 21.1. The Hall–Kier alpha value is -4.48. The number of anilines is 4. The molecule has 2 aliphatic heterocycles. The molecule has 0 aliphatic carbocycles. The van der Waals surface area contributed by atoms with Gasteiger partial charge in [-0.3, -0.25) is 14.3 Å². The summed E-state index contributed by atoms with van der Waals surface area (Å²) in [6, 6.07) is 15.5. The van der Waals surface area contributed by atoms with E-state index in [1.54, 1.807) is 30.6 Å².